The molecule has 0 amide bonds. The van der Waals surface area contributed by atoms with Crippen molar-refractivity contribution in [2.24, 2.45) is 5.18 Å². The Bertz CT molecular complexity index is 1080. The molecule has 0 spiro atoms. The van der Waals surface area contributed by atoms with Gasteiger partial charge >= 0.3 is 5.97 Å². The Morgan fingerprint density at radius 2 is 2.04 bits per heavy atom. The predicted molar refractivity (Wildman–Crippen MR) is 102 cm³/mol. The summed E-state index contributed by atoms with van der Waals surface area (Å²) in [4.78, 5) is 37.9. The van der Waals surface area contributed by atoms with Gasteiger partial charge in [0.1, 0.15) is 11.4 Å². The van der Waals surface area contributed by atoms with Gasteiger partial charge in [0.15, 0.2) is 0 Å². The van der Waals surface area contributed by atoms with Crippen molar-refractivity contribution >= 4 is 22.6 Å². The lowest BCUT2D eigenvalue weighted by atomic mass is 9.97. The molecule has 1 N–H and O–H groups in total. The largest absolute Gasteiger partial charge is 0.477 e. The van der Waals surface area contributed by atoms with Crippen LogP contribution in [0.3, 0.4) is 0 Å². The molecule has 0 radical (unpaired) electrons. The Balaban J connectivity index is 1.88. The molecule has 5 rings (SSSR count). The van der Waals surface area contributed by atoms with E-state index >= 15 is 4.39 Å². The lowest BCUT2D eigenvalue weighted by molar-refractivity contribution is 0.0695. The molecular weight excluding hydrogens is 365 g/mol. The van der Waals surface area contributed by atoms with E-state index in [2.05, 4.69) is 5.18 Å². The third kappa shape index (κ3) is 2.47. The standard InChI is InChI=1S/C20H20FN3O4/c21-16-8-14-17(24(11-3-4-11)9-15(19(14)25)20(26)27)13-7-10(22-28)6-12-2-1-5-23(12)18(13)16/h8-12H,1-7H2,(H,26,27). The van der Waals surface area contributed by atoms with E-state index in [9.17, 15) is 19.6 Å². The minimum atomic E-state index is -1.32. The number of aromatic carboxylic acids is 1. The number of hydrogen-bond acceptors (Lipinski definition) is 5. The number of carboxylic acids is 1. The van der Waals surface area contributed by atoms with E-state index in [0.29, 0.717) is 29.7 Å². The quantitative estimate of drug-likeness (QED) is 0.819. The first-order chi connectivity index (χ1) is 13.5. The van der Waals surface area contributed by atoms with Crippen molar-refractivity contribution in [2.45, 2.75) is 56.7 Å². The number of carboxylic acid groups (broad SMARTS) is 1. The highest BCUT2D eigenvalue weighted by molar-refractivity contribution is 5.95. The molecular formula is C20H20FN3O4. The van der Waals surface area contributed by atoms with Crippen molar-refractivity contribution in [2.75, 3.05) is 11.4 Å². The molecule has 2 fully saturated rings. The number of rotatable bonds is 3. The Kier molecular flexibility index (Phi) is 3.79. The minimum Gasteiger partial charge on any atom is -0.477 e. The van der Waals surface area contributed by atoms with Gasteiger partial charge in [-0.1, -0.05) is 5.18 Å². The van der Waals surface area contributed by atoms with Crippen LogP contribution >= 0.6 is 0 Å². The number of halogens is 1. The summed E-state index contributed by atoms with van der Waals surface area (Å²) in [6, 6.07) is 0.858. The lowest BCUT2D eigenvalue weighted by Crippen LogP contribution is -2.31. The van der Waals surface area contributed by atoms with E-state index in [1.165, 1.54) is 12.3 Å². The van der Waals surface area contributed by atoms with Gasteiger partial charge in [0, 0.05) is 42.2 Å². The van der Waals surface area contributed by atoms with Crippen LogP contribution in [0.25, 0.3) is 10.9 Å². The third-order valence-electron chi connectivity index (χ3n) is 6.31. The summed E-state index contributed by atoms with van der Waals surface area (Å²) in [6.45, 7) is 0.701. The van der Waals surface area contributed by atoms with Crippen LogP contribution in [-0.4, -0.2) is 34.3 Å². The van der Waals surface area contributed by atoms with Crippen LogP contribution in [0.15, 0.2) is 22.2 Å². The van der Waals surface area contributed by atoms with Gasteiger partial charge in [0.05, 0.1) is 17.2 Å². The fourth-order valence-electron chi connectivity index (χ4n) is 4.94. The van der Waals surface area contributed by atoms with Gasteiger partial charge in [-0.3, -0.25) is 4.79 Å². The zero-order valence-electron chi connectivity index (χ0n) is 15.2. The SMILES string of the molecule is O=NC1Cc2c(c(F)cc3c(=O)c(C(=O)O)cn(C4CC4)c23)N2CCCC2C1. The zero-order chi connectivity index (χ0) is 19.6. The minimum absolute atomic E-state index is 0.0651. The number of anilines is 1. The second-order valence-electron chi connectivity index (χ2n) is 8.09. The number of carbonyl (C=O) groups is 1. The first-order valence-electron chi connectivity index (χ1n) is 9.72. The Hall–Kier alpha value is -2.77. The number of nitrogens with zero attached hydrogens (tertiary/aromatic N) is 3. The van der Waals surface area contributed by atoms with Gasteiger partial charge in [-0.2, -0.15) is 4.91 Å². The molecule has 8 heteroatoms. The molecule has 3 aliphatic rings. The smallest absolute Gasteiger partial charge is 0.341 e. The molecule has 1 saturated heterocycles. The topological polar surface area (TPSA) is 92.0 Å². The van der Waals surface area contributed by atoms with Crippen LogP contribution in [0.5, 0.6) is 0 Å². The van der Waals surface area contributed by atoms with Gasteiger partial charge in [-0.25, -0.2) is 9.18 Å². The average molecular weight is 385 g/mol. The number of benzene rings is 1. The second kappa shape index (κ2) is 6.12. The zero-order valence-corrected chi connectivity index (χ0v) is 15.2. The summed E-state index contributed by atoms with van der Waals surface area (Å²) >= 11 is 0. The van der Waals surface area contributed by atoms with E-state index in [1.807, 2.05) is 9.47 Å². The summed E-state index contributed by atoms with van der Waals surface area (Å²) in [5.74, 6) is -1.84. The molecule has 1 aromatic heterocycles. The Morgan fingerprint density at radius 3 is 2.71 bits per heavy atom. The Labute approximate surface area is 159 Å². The van der Waals surface area contributed by atoms with Gasteiger partial charge < -0.3 is 14.6 Å². The summed E-state index contributed by atoms with van der Waals surface area (Å²) < 4.78 is 17.1. The van der Waals surface area contributed by atoms with Gasteiger partial charge in [0.2, 0.25) is 5.43 Å². The van der Waals surface area contributed by atoms with Crippen LogP contribution < -0.4 is 10.3 Å². The van der Waals surface area contributed by atoms with Gasteiger partial charge in [0.25, 0.3) is 0 Å². The van der Waals surface area contributed by atoms with E-state index in [-0.39, 0.29) is 29.5 Å². The van der Waals surface area contributed by atoms with Crippen LogP contribution in [-0.2, 0) is 6.42 Å². The third-order valence-corrected chi connectivity index (χ3v) is 6.31. The number of aromatic nitrogens is 1. The van der Waals surface area contributed by atoms with E-state index < -0.39 is 23.3 Å². The fraction of sp³-hybridized carbons (Fsp3) is 0.500. The van der Waals surface area contributed by atoms with Crippen molar-refractivity contribution in [1.82, 2.24) is 4.57 Å². The molecule has 0 bridgehead atoms. The molecule has 1 aliphatic carbocycles. The van der Waals surface area contributed by atoms with Crippen molar-refractivity contribution in [3.05, 3.63) is 44.3 Å². The predicted octanol–water partition coefficient (Wildman–Crippen LogP) is 3.22. The second-order valence-corrected chi connectivity index (χ2v) is 8.09. The van der Waals surface area contributed by atoms with Gasteiger partial charge in [-0.05, 0) is 38.2 Å². The first kappa shape index (κ1) is 17.3. The van der Waals surface area contributed by atoms with E-state index in [4.69, 9.17) is 0 Å². The van der Waals surface area contributed by atoms with Crippen LogP contribution in [0.4, 0.5) is 10.1 Å². The Morgan fingerprint density at radius 1 is 1.25 bits per heavy atom. The van der Waals surface area contributed by atoms with Crippen molar-refractivity contribution < 1.29 is 14.3 Å². The maximum Gasteiger partial charge on any atom is 0.341 e. The normalized spacial score (nSPS) is 24.0. The van der Waals surface area contributed by atoms with Crippen LogP contribution in [0.2, 0.25) is 0 Å². The molecule has 3 heterocycles. The molecule has 28 heavy (non-hydrogen) atoms. The highest BCUT2D eigenvalue weighted by Gasteiger charge is 2.38. The average Bonchev–Trinajstić information content (AvgIpc) is 3.44. The molecule has 2 unspecified atom stereocenters. The number of pyridine rings is 1. The van der Waals surface area contributed by atoms with Crippen LogP contribution in [0.1, 0.15) is 54.1 Å². The van der Waals surface area contributed by atoms with Gasteiger partial charge in [-0.15, -0.1) is 0 Å². The highest BCUT2D eigenvalue weighted by atomic mass is 19.1. The van der Waals surface area contributed by atoms with E-state index in [1.54, 1.807) is 0 Å². The van der Waals surface area contributed by atoms with Crippen molar-refractivity contribution in [1.29, 1.82) is 0 Å². The lowest BCUT2D eigenvalue weighted by Gasteiger charge is -2.27. The maximum atomic E-state index is 15.3. The highest BCUT2D eigenvalue weighted by Crippen LogP contribution is 2.44. The molecule has 1 aromatic carbocycles. The molecule has 2 aliphatic heterocycles. The summed E-state index contributed by atoms with van der Waals surface area (Å²) in [6.07, 6.45) is 5.78. The molecule has 7 nitrogen and oxygen atoms in total. The maximum absolute atomic E-state index is 15.3. The molecule has 146 valence electrons. The summed E-state index contributed by atoms with van der Waals surface area (Å²) in [5.41, 5.74) is 0.605. The molecule has 2 aromatic rings. The van der Waals surface area contributed by atoms with Crippen molar-refractivity contribution in [3.63, 3.8) is 0 Å². The number of nitroso groups, excluding NO2 is 1. The van der Waals surface area contributed by atoms with Crippen molar-refractivity contribution in [3.8, 4) is 0 Å². The summed E-state index contributed by atoms with van der Waals surface area (Å²) in [7, 11) is 0. The first-order valence-corrected chi connectivity index (χ1v) is 9.72. The number of hydrogen-bond donors (Lipinski definition) is 1. The van der Waals surface area contributed by atoms with E-state index in [0.717, 1.165) is 25.7 Å². The number of fused-ring (bicyclic) bond motifs is 5. The molecule has 2 atom stereocenters. The fourth-order valence-corrected chi connectivity index (χ4v) is 4.94. The monoisotopic (exact) mass is 385 g/mol. The van der Waals surface area contributed by atoms with Crippen LogP contribution in [0, 0.1) is 10.7 Å². The molecule has 1 saturated carbocycles. The summed E-state index contributed by atoms with van der Waals surface area (Å²) in [5, 5.41) is 12.8.